The Bertz CT molecular complexity index is 1120. The number of nitrogens with zero attached hydrogens (tertiary/aromatic N) is 4. The highest BCUT2D eigenvalue weighted by Gasteiger charge is 2.43. The van der Waals surface area contributed by atoms with Gasteiger partial charge in [0, 0.05) is 35.8 Å². The molecule has 0 aromatic carbocycles. The van der Waals surface area contributed by atoms with Crippen molar-refractivity contribution in [3.63, 3.8) is 0 Å². The van der Waals surface area contributed by atoms with Gasteiger partial charge in [0.2, 0.25) is 0 Å². The van der Waals surface area contributed by atoms with Crippen LogP contribution in [0.4, 0.5) is 4.79 Å². The van der Waals surface area contributed by atoms with Gasteiger partial charge in [-0.25, -0.2) is 21.6 Å². The van der Waals surface area contributed by atoms with Crippen molar-refractivity contribution in [2.24, 2.45) is 10.8 Å². The maximum atomic E-state index is 14.0. The van der Waals surface area contributed by atoms with Crippen LogP contribution in [0.2, 0.25) is 0 Å². The van der Waals surface area contributed by atoms with E-state index in [9.17, 15) is 30.7 Å². The first-order chi connectivity index (χ1) is 20.7. The molecule has 1 N–H and O–H groups in total. The summed E-state index contributed by atoms with van der Waals surface area (Å²) >= 11 is 0. The fourth-order valence-corrected chi connectivity index (χ4v) is 8.35. The Labute approximate surface area is 272 Å². The van der Waals surface area contributed by atoms with Gasteiger partial charge in [-0.2, -0.15) is 5.26 Å². The summed E-state index contributed by atoms with van der Waals surface area (Å²) in [5.41, 5.74) is -0.359. The van der Waals surface area contributed by atoms with Crippen molar-refractivity contribution in [1.82, 2.24) is 10.2 Å². The predicted octanol–water partition coefficient (Wildman–Crippen LogP) is 2.66. The summed E-state index contributed by atoms with van der Waals surface area (Å²) in [4.78, 5) is 15.8. The molecule has 1 fully saturated rings. The minimum atomic E-state index is -4.32. The number of carbonyl (C=O) groups excluding carboxylic acids is 1. The zero-order valence-electron chi connectivity index (χ0n) is 28.7. The molecular weight excluding hydrogens is 622 g/mol. The van der Waals surface area contributed by atoms with Crippen LogP contribution >= 0.6 is 0 Å². The molecule has 0 bridgehead atoms. The molecule has 45 heavy (non-hydrogen) atoms. The topological polar surface area (TPSA) is 180 Å². The standard InChI is InChI=1S/C30H59N5O8S2/c1-8-34(9-2,16-12-20-44(37,38)39)18-14-33(15-19-35(10-3,11-4)17-13-21-45(40,41)42)28(36)32-27-22-29(5,6)24-30(7,23-27)25-43-26-31/h27H,8-25H2,1-7H3,(H-2,32,36,37,38,39,40,41,42). The first-order valence-electron chi connectivity index (χ1n) is 16.3. The summed E-state index contributed by atoms with van der Waals surface area (Å²) in [6.45, 7) is 20.6. The third kappa shape index (κ3) is 15.2. The van der Waals surface area contributed by atoms with Crippen LogP contribution in [0.25, 0.3) is 0 Å². The smallest absolute Gasteiger partial charge is 0.318 e. The van der Waals surface area contributed by atoms with Gasteiger partial charge in [0.05, 0.1) is 85.7 Å². The summed E-state index contributed by atoms with van der Waals surface area (Å²) in [6.07, 6.45) is 4.56. The highest BCUT2D eigenvalue weighted by atomic mass is 32.2. The molecule has 1 rings (SSSR count). The van der Waals surface area contributed by atoms with Gasteiger partial charge in [0.25, 0.3) is 6.26 Å². The Kier molecular flexibility index (Phi) is 16.0. The van der Waals surface area contributed by atoms with Crippen molar-refractivity contribution in [2.75, 3.05) is 83.6 Å². The summed E-state index contributed by atoms with van der Waals surface area (Å²) in [7, 11) is -8.64. The van der Waals surface area contributed by atoms with Crippen LogP contribution in [-0.4, -0.2) is 135 Å². The Balaban J connectivity index is 3.23. The van der Waals surface area contributed by atoms with E-state index in [4.69, 9.17) is 10.00 Å². The minimum Gasteiger partial charge on any atom is -0.748 e. The van der Waals surface area contributed by atoms with Crippen molar-refractivity contribution >= 4 is 26.3 Å². The highest BCUT2D eigenvalue weighted by Crippen LogP contribution is 2.46. The van der Waals surface area contributed by atoms with Gasteiger partial charge in [0.15, 0.2) is 0 Å². The number of rotatable bonds is 21. The first kappa shape index (κ1) is 41.3. The van der Waals surface area contributed by atoms with E-state index in [1.165, 1.54) is 0 Å². The quantitative estimate of drug-likeness (QED) is 0.108. The largest absolute Gasteiger partial charge is 0.748 e. The van der Waals surface area contributed by atoms with Crippen LogP contribution in [0.3, 0.4) is 0 Å². The maximum Gasteiger partial charge on any atom is 0.318 e. The van der Waals surface area contributed by atoms with Crippen LogP contribution in [0.5, 0.6) is 0 Å². The van der Waals surface area contributed by atoms with E-state index in [2.05, 4.69) is 26.1 Å². The summed E-state index contributed by atoms with van der Waals surface area (Å²) in [5.74, 6) is -0.843. The van der Waals surface area contributed by atoms with Crippen LogP contribution in [-0.2, 0) is 25.0 Å². The van der Waals surface area contributed by atoms with Crippen molar-refractivity contribution in [3.05, 3.63) is 0 Å². The van der Waals surface area contributed by atoms with Gasteiger partial charge >= 0.3 is 6.03 Å². The molecule has 2 unspecified atom stereocenters. The molecule has 2 atom stereocenters. The van der Waals surface area contributed by atoms with Crippen molar-refractivity contribution in [3.8, 4) is 6.26 Å². The number of nitrogens with one attached hydrogen (secondary N) is 1. The van der Waals surface area contributed by atoms with Crippen LogP contribution in [0.1, 0.15) is 80.6 Å². The van der Waals surface area contributed by atoms with E-state index in [0.717, 1.165) is 12.8 Å². The lowest BCUT2D eigenvalue weighted by Gasteiger charge is -2.46. The maximum absolute atomic E-state index is 14.0. The zero-order valence-corrected chi connectivity index (χ0v) is 30.3. The van der Waals surface area contributed by atoms with Crippen LogP contribution in [0, 0.1) is 22.3 Å². The Morgan fingerprint density at radius 3 is 1.69 bits per heavy atom. The van der Waals surface area contributed by atoms with Crippen molar-refractivity contribution < 1.29 is 44.4 Å². The molecule has 13 nitrogen and oxygen atoms in total. The molecule has 0 aliphatic heterocycles. The molecule has 0 aromatic rings. The molecular formula is C30H59N5O8S2. The zero-order chi connectivity index (χ0) is 34.6. The van der Waals surface area contributed by atoms with E-state index in [-0.39, 0.29) is 42.4 Å². The average molecular weight is 682 g/mol. The molecule has 0 saturated heterocycles. The minimum absolute atomic E-state index is 0.0781. The van der Waals surface area contributed by atoms with E-state index < -0.39 is 31.7 Å². The predicted molar refractivity (Wildman–Crippen MR) is 172 cm³/mol. The van der Waals surface area contributed by atoms with Gasteiger partial charge in [-0.1, -0.05) is 20.8 Å². The van der Waals surface area contributed by atoms with E-state index in [1.54, 1.807) is 11.2 Å². The molecule has 0 aromatic heterocycles. The number of hydrogen-bond acceptors (Lipinski definition) is 9. The van der Waals surface area contributed by atoms with Gasteiger partial charge in [-0.3, -0.25) is 0 Å². The molecule has 264 valence electrons. The third-order valence-electron chi connectivity index (χ3n) is 9.97. The van der Waals surface area contributed by atoms with Gasteiger partial charge in [-0.15, -0.1) is 0 Å². The number of amides is 2. The highest BCUT2D eigenvalue weighted by molar-refractivity contribution is 7.85. The number of carbonyl (C=O) groups is 1. The lowest BCUT2D eigenvalue weighted by atomic mass is 9.63. The van der Waals surface area contributed by atoms with Crippen molar-refractivity contribution in [2.45, 2.75) is 86.6 Å². The number of likely N-dealkylation sites (N-methyl/N-ethyl adjacent to an activating group) is 2. The third-order valence-corrected chi connectivity index (χ3v) is 11.5. The Morgan fingerprint density at radius 2 is 1.31 bits per heavy atom. The Morgan fingerprint density at radius 1 is 0.867 bits per heavy atom. The monoisotopic (exact) mass is 681 g/mol. The molecule has 1 aliphatic rings. The lowest BCUT2D eigenvalue weighted by molar-refractivity contribution is -0.926. The molecule has 15 heteroatoms. The summed E-state index contributed by atoms with van der Waals surface area (Å²) < 4.78 is 73.8. The molecule has 0 radical (unpaired) electrons. The number of quaternary nitrogens is 2. The average Bonchev–Trinajstić information content (AvgIpc) is 2.91. The Hall–Kier alpha value is -1.70. The fourth-order valence-electron chi connectivity index (χ4n) is 7.39. The molecule has 2 amide bonds. The van der Waals surface area contributed by atoms with Crippen molar-refractivity contribution in [1.29, 1.82) is 5.26 Å². The van der Waals surface area contributed by atoms with E-state index in [1.807, 2.05) is 27.7 Å². The lowest BCUT2D eigenvalue weighted by Crippen LogP contribution is -2.58. The van der Waals surface area contributed by atoms with Gasteiger partial charge < -0.3 is 33.0 Å². The fraction of sp³-hybridized carbons (Fsp3) is 0.933. The SMILES string of the molecule is CC[N+](CC)(CCCS(=O)(=O)[O-])CCN(CC[N+](CC)(CC)CCCS(=O)(=O)[O-])C(=O)NC1CC(C)(C)CC(C)(COC#N)C1. The molecule has 1 aliphatic carbocycles. The van der Waals surface area contributed by atoms with E-state index >= 15 is 0 Å². The van der Waals surface area contributed by atoms with E-state index in [0.29, 0.717) is 80.8 Å². The second-order valence-corrected chi connectivity index (χ2v) is 17.2. The molecule has 1 saturated carbocycles. The summed E-state index contributed by atoms with van der Waals surface area (Å²) in [6, 6.07) is -0.338. The van der Waals surface area contributed by atoms with Gasteiger partial charge in [-0.05, 0) is 52.4 Å². The molecule has 0 spiro atoms. The van der Waals surface area contributed by atoms with Gasteiger partial charge in [0.1, 0.15) is 6.61 Å². The number of urea groups is 1. The van der Waals surface area contributed by atoms with Crippen LogP contribution in [0.15, 0.2) is 0 Å². The first-order valence-corrected chi connectivity index (χ1v) is 19.5. The number of nitriles is 1. The molecule has 0 heterocycles. The number of ether oxygens (including phenoxy) is 1. The van der Waals surface area contributed by atoms with Crippen LogP contribution < -0.4 is 5.32 Å². The second kappa shape index (κ2) is 17.5. The normalized spacial score (nSPS) is 20.8. The second-order valence-electron chi connectivity index (χ2n) is 14.1. The number of hydrogen-bond donors (Lipinski definition) is 1. The summed E-state index contributed by atoms with van der Waals surface area (Å²) in [5, 5.41) is 12.3.